The first-order chi connectivity index (χ1) is 7.81. The third-order valence-electron chi connectivity index (χ3n) is 2.80. The van der Waals surface area contributed by atoms with E-state index < -0.39 is 11.5 Å². The van der Waals surface area contributed by atoms with Crippen molar-refractivity contribution in [1.82, 2.24) is 15.1 Å². The van der Waals surface area contributed by atoms with Gasteiger partial charge < -0.3 is 10.4 Å². The number of aliphatic carboxylic acids is 1. The van der Waals surface area contributed by atoms with Crippen LogP contribution < -0.4 is 5.32 Å². The lowest BCUT2D eigenvalue weighted by molar-refractivity contribution is -0.144. The van der Waals surface area contributed by atoms with E-state index in [1.54, 1.807) is 18.5 Å². The molecule has 1 rings (SSSR count). The first-order valence-electron chi connectivity index (χ1n) is 5.49. The van der Waals surface area contributed by atoms with Gasteiger partial charge in [-0.05, 0) is 27.3 Å². The highest BCUT2D eigenvalue weighted by Gasteiger charge is 2.33. The molecule has 1 atom stereocenters. The summed E-state index contributed by atoms with van der Waals surface area (Å²) in [6, 6.07) is 0. The van der Waals surface area contributed by atoms with Crippen molar-refractivity contribution in [2.75, 3.05) is 6.54 Å². The zero-order chi connectivity index (χ0) is 13.2. The number of carboxylic acids is 1. The van der Waals surface area contributed by atoms with Crippen molar-refractivity contribution in [1.29, 1.82) is 0 Å². The van der Waals surface area contributed by atoms with Crippen LogP contribution >= 0.6 is 11.6 Å². The summed E-state index contributed by atoms with van der Waals surface area (Å²) in [5.74, 6) is -0.900. The highest BCUT2D eigenvalue weighted by Crippen LogP contribution is 2.20. The molecule has 0 bridgehead atoms. The van der Waals surface area contributed by atoms with Crippen molar-refractivity contribution in [2.24, 2.45) is 0 Å². The topological polar surface area (TPSA) is 67.2 Å². The van der Waals surface area contributed by atoms with Crippen LogP contribution in [0.4, 0.5) is 0 Å². The van der Waals surface area contributed by atoms with Crippen molar-refractivity contribution in [3.8, 4) is 0 Å². The van der Waals surface area contributed by atoms with Gasteiger partial charge in [0.15, 0.2) is 0 Å². The first kappa shape index (κ1) is 14.0. The molecule has 0 aliphatic rings. The molecule has 0 radical (unpaired) electrons. The summed E-state index contributed by atoms with van der Waals surface area (Å²) in [7, 11) is 0. The Kier molecular flexibility index (Phi) is 4.16. The second-order valence-electron chi connectivity index (χ2n) is 4.31. The summed E-state index contributed by atoms with van der Waals surface area (Å²) in [6.45, 7) is 7.97. The van der Waals surface area contributed by atoms with E-state index in [4.69, 9.17) is 11.6 Å². The molecule has 0 amide bonds. The molecule has 0 aliphatic carbocycles. The van der Waals surface area contributed by atoms with Crippen LogP contribution in [0.25, 0.3) is 0 Å². The lowest BCUT2D eigenvalue weighted by Crippen LogP contribution is -2.52. The summed E-state index contributed by atoms with van der Waals surface area (Å²) in [5.41, 5.74) is 0.462. The minimum Gasteiger partial charge on any atom is -0.480 e. The molecule has 6 heteroatoms. The molecular formula is C11H18ClN3O2. The van der Waals surface area contributed by atoms with Crippen LogP contribution in [-0.2, 0) is 11.3 Å². The Balaban J connectivity index is 3.02. The molecule has 0 spiro atoms. The molecule has 0 saturated carbocycles. The Morgan fingerprint density at radius 3 is 2.53 bits per heavy atom. The highest BCUT2D eigenvalue weighted by atomic mass is 35.5. The molecule has 5 nitrogen and oxygen atoms in total. The number of halogens is 1. The van der Waals surface area contributed by atoms with E-state index in [0.717, 1.165) is 5.69 Å². The fourth-order valence-corrected chi connectivity index (χ4v) is 1.85. The molecular weight excluding hydrogens is 242 g/mol. The standard InChI is InChI=1S/C11H18ClN3O2/c1-5-13-11(4,10(16)17)6-15-8(3)9(12)7(2)14-15/h13H,5-6H2,1-4H3,(H,16,17). The lowest BCUT2D eigenvalue weighted by Gasteiger charge is -2.26. The largest absolute Gasteiger partial charge is 0.480 e. The average Bonchev–Trinajstić information content (AvgIpc) is 2.46. The minimum atomic E-state index is -1.04. The Hall–Kier alpha value is -1.07. The molecule has 1 heterocycles. The zero-order valence-electron chi connectivity index (χ0n) is 10.5. The number of carboxylic acid groups (broad SMARTS) is 1. The quantitative estimate of drug-likeness (QED) is 0.843. The Bertz CT molecular complexity index is 431. The van der Waals surface area contributed by atoms with Crippen LogP contribution in [0.15, 0.2) is 0 Å². The maximum Gasteiger partial charge on any atom is 0.325 e. The number of likely N-dealkylation sites (N-methyl/N-ethyl adjacent to an activating group) is 1. The van der Waals surface area contributed by atoms with E-state index in [2.05, 4.69) is 10.4 Å². The number of nitrogens with zero attached hydrogens (tertiary/aromatic N) is 2. The molecule has 1 aromatic rings. The Morgan fingerprint density at radius 2 is 2.18 bits per heavy atom. The van der Waals surface area contributed by atoms with Crippen LogP contribution in [0.2, 0.25) is 5.02 Å². The van der Waals surface area contributed by atoms with Crippen molar-refractivity contribution in [2.45, 2.75) is 39.8 Å². The van der Waals surface area contributed by atoms with Crippen molar-refractivity contribution >= 4 is 17.6 Å². The number of nitrogens with one attached hydrogen (secondary N) is 1. The number of hydrogen-bond donors (Lipinski definition) is 2. The van der Waals surface area contributed by atoms with Gasteiger partial charge in [-0.25, -0.2) is 0 Å². The molecule has 0 aromatic carbocycles. The molecule has 17 heavy (non-hydrogen) atoms. The van der Waals surface area contributed by atoms with Crippen molar-refractivity contribution in [3.05, 3.63) is 16.4 Å². The number of hydrogen-bond acceptors (Lipinski definition) is 3. The SMILES string of the molecule is CCNC(C)(Cn1nc(C)c(Cl)c1C)C(=O)O. The van der Waals surface area contributed by atoms with Gasteiger partial charge in [0.25, 0.3) is 0 Å². The predicted molar refractivity (Wildman–Crippen MR) is 66.4 cm³/mol. The van der Waals surface area contributed by atoms with Gasteiger partial charge in [0.2, 0.25) is 0 Å². The summed E-state index contributed by atoms with van der Waals surface area (Å²) in [6.07, 6.45) is 0. The molecule has 0 fully saturated rings. The Morgan fingerprint density at radius 1 is 1.59 bits per heavy atom. The molecule has 96 valence electrons. The van der Waals surface area contributed by atoms with Gasteiger partial charge >= 0.3 is 5.97 Å². The molecule has 0 aliphatic heterocycles. The zero-order valence-corrected chi connectivity index (χ0v) is 11.3. The molecule has 2 N–H and O–H groups in total. The van der Waals surface area contributed by atoms with Crippen LogP contribution in [-0.4, -0.2) is 32.9 Å². The summed E-state index contributed by atoms with van der Waals surface area (Å²) < 4.78 is 1.63. The lowest BCUT2D eigenvalue weighted by atomic mass is 10.0. The second kappa shape index (κ2) is 5.06. The van der Waals surface area contributed by atoms with E-state index in [1.165, 1.54) is 0 Å². The summed E-state index contributed by atoms with van der Waals surface area (Å²) >= 11 is 6.03. The van der Waals surface area contributed by atoms with Crippen LogP contribution in [0.1, 0.15) is 25.2 Å². The van der Waals surface area contributed by atoms with Gasteiger partial charge in [-0.2, -0.15) is 5.10 Å². The molecule has 0 saturated heterocycles. The number of aromatic nitrogens is 2. The number of carbonyl (C=O) groups is 1. The van der Waals surface area contributed by atoms with Gasteiger partial charge in [0, 0.05) is 0 Å². The first-order valence-corrected chi connectivity index (χ1v) is 5.87. The van der Waals surface area contributed by atoms with E-state index in [1.807, 2.05) is 13.8 Å². The van der Waals surface area contributed by atoms with Gasteiger partial charge in [0.05, 0.1) is 23.0 Å². The van der Waals surface area contributed by atoms with E-state index in [0.29, 0.717) is 17.3 Å². The maximum absolute atomic E-state index is 11.3. The predicted octanol–water partition coefficient (Wildman–Crippen LogP) is 1.61. The average molecular weight is 260 g/mol. The molecule has 1 aromatic heterocycles. The van der Waals surface area contributed by atoms with Crippen molar-refractivity contribution in [3.63, 3.8) is 0 Å². The van der Waals surface area contributed by atoms with Gasteiger partial charge in [-0.15, -0.1) is 0 Å². The normalized spacial score (nSPS) is 14.6. The van der Waals surface area contributed by atoms with E-state index >= 15 is 0 Å². The summed E-state index contributed by atoms with van der Waals surface area (Å²) in [5, 5.41) is 17.0. The van der Waals surface area contributed by atoms with Crippen LogP contribution in [0.3, 0.4) is 0 Å². The maximum atomic E-state index is 11.3. The minimum absolute atomic E-state index is 0.246. The van der Waals surface area contributed by atoms with Gasteiger partial charge in [-0.1, -0.05) is 18.5 Å². The van der Waals surface area contributed by atoms with Crippen molar-refractivity contribution < 1.29 is 9.90 Å². The number of aryl methyl sites for hydroxylation is 1. The monoisotopic (exact) mass is 259 g/mol. The summed E-state index contributed by atoms with van der Waals surface area (Å²) in [4.78, 5) is 11.3. The van der Waals surface area contributed by atoms with Gasteiger partial charge in [-0.3, -0.25) is 9.48 Å². The highest BCUT2D eigenvalue weighted by molar-refractivity contribution is 6.31. The molecule has 1 unspecified atom stereocenters. The fraction of sp³-hybridized carbons (Fsp3) is 0.636. The third kappa shape index (κ3) is 2.79. The second-order valence-corrected chi connectivity index (χ2v) is 4.69. The van der Waals surface area contributed by atoms with Crippen LogP contribution in [0.5, 0.6) is 0 Å². The third-order valence-corrected chi connectivity index (χ3v) is 3.35. The van der Waals surface area contributed by atoms with E-state index in [-0.39, 0.29) is 6.54 Å². The number of rotatable bonds is 5. The van der Waals surface area contributed by atoms with E-state index in [9.17, 15) is 9.90 Å². The smallest absolute Gasteiger partial charge is 0.325 e. The van der Waals surface area contributed by atoms with Gasteiger partial charge in [0.1, 0.15) is 5.54 Å². The van der Waals surface area contributed by atoms with Crippen LogP contribution in [0, 0.1) is 13.8 Å². The fourth-order valence-electron chi connectivity index (χ4n) is 1.72. The Labute approximate surface area is 106 Å².